The Bertz CT molecular complexity index is 1000. The quantitative estimate of drug-likeness (QED) is 0.229. The molecule has 2 rings (SSSR count). The van der Waals surface area contributed by atoms with Crippen LogP contribution >= 0.6 is 0 Å². The molecule has 1 aromatic carbocycles. The first-order valence-electron chi connectivity index (χ1n) is 10.6. The zero-order valence-corrected chi connectivity index (χ0v) is 18.8. The Hall–Kier alpha value is -3.44. The predicted octanol–water partition coefficient (Wildman–Crippen LogP) is -0.755. The van der Waals surface area contributed by atoms with Gasteiger partial charge in [0, 0.05) is 17.1 Å². The maximum atomic E-state index is 12.6. The van der Waals surface area contributed by atoms with Crippen molar-refractivity contribution in [3.63, 3.8) is 0 Å². The van der Waals surface area contributed by atoms with E-state index in [1.807, 2.05) is 24.3 Å². The van der Waals surface area contributed by atoms with E-state index in [-0.39, 0.29) is 12.3 Å². The van der Waals surface area contributed by atoms with Crippen molar-refractivity contribution in [2.45, 2.75) is 51.4 Å². The monoisotopic (exact) mass is 461 g/mol. The lowest BCUT2D eigenvalue weighted by Crippen LogP contribution is -2.58. The van der Waals surface area contributed by atoms with Crippen LogP contribution in [-0.4, -0.2) is 69.7 Å². The zero-order valence-electron chi connectivity index (χ0n) is 18.8. The number of nitrogens with one attached hydrogen (secondary N) is 4. The number of aromatic nitrogens is 1. The number of carbonyl (C=O) groups excluding carboxylic acids is 3. The molecule has 0 radical (unpaired) electrons. The third-order valence-corrected chi connectivity index (χ3v) is 5.25. The van der Waals surface area contributed by atoms with Crippen molar-refractivity contribution in [1.82, 2.24) is 20.9 Å². The normalized spacial score (nSPS) is 14.8. The average Bonchev–Trinajstić information content (AvgIpc) is 3.17. The number of carboxylic acid groups (broad SMARTS) is 1. The Morgan fingerprint density at radius 3 is 2.27 bits per heavy atom. The van der Waals surface area contributed by atoms with Gasteiger partial charge in [-0.2, -0.15) is 0 Å². The van der Waals surface area contributed by atoms with Crippen LogP contribution in [0.5, 0.6) is 0 Å². The number of aliphatic hydroxyl groups is 1. The van der Waals surface area contributed by atoms with E-state index in [0.717, 1.165) is 16.5 Å². The number of fused-ring (bicyclic) bond motifs is 1. The van der Waals surface area contributed by atoms with Gasteiger partial charge in [0.2, 0.25) is 17.7 Å². The molecule has 2 aromatic rings. The van der Waals surface area contributed by atoms with Crippen LogP contribution in [0.1, 0.15) is 26.3 Å². The maximum Gasteiger partial charge on any atom is 0.328 e. The minimum Gasteiger partial charge on any atom is -0.480 e. The van der Waals surface area contributed by atoms with Gasteiger partial charge >= 0.3 is 5.97 Å². The second-order valence-corrected chi connectivity index (χ2v) is 8.21. The standard InChI is InChI=1S/C22H31N5O6/c1-11(2)18(21(31)26-17(10-28)22(32)33)27-19(29)12(3)25-20(30)15(23)8-13-9-24-16-7-5-4-6-14(13)16/h4-7,9,11-12,15,17-18,24,28H,8,10,23H2,1-3H3,(H,25,30)(H,26,31)(H,27,29)(H,32,33). The highest BCUT2D eigenvalue weighted by molar-refractivity contribution is 5.94. The Balaban J connectivity index is 1.96. The molecule has 0 fully saturated rings. The lowest BCUT2D eigenvalue weighted by molar-refractivity contribution is -0.143. The van der Waals surface area contributed by atoms with Crippen molar-refractivity contribution in [2.75, 3.05) is 6.61 Å². The number of carbonyl (C=O) groups is 4. The van der Waals surface area contributed by atoms with Gasteiger partial charge in [-0.25, -0.2) is 4.79 Å². The number of nitrogens with two attached hydrogens (primary N) is 1. The summed E-state index contributed by atoms with van der Waals surface area (Å²) in [7, 11) is 0. The topological polar surface area (TPSA) is 187 Å². The summed E-state index contributed by atoms with van der Waals surface area (Å²) in [6.45, 7) is 3.99. The molecular formula is C22H31N5O6. The molecule has 0 saturated carbocycles. The molecule has 4 unspecified atom stereocenters. The smallest absolute Gasteiger partial charge is 0.328 e. The zero-order chi connectivity index (χ0) is 24.7. The third kappa shape index (κ3) is 6.77. The molecule has 0 aliphatic rings. The van der Waals surface area contributed by atoms with Gasteiger partial charge in [0.05, 0.1) is 12.6 Å². The molecule has 11 heteroatoms. The molecule has 11 nitrogen and oxygen atoms in total. The molecule has 0 spiro atoms. The Morgan fingerprint density at radius 1 is 1.00 bits per heavy atom. The highest BCUT2D eigenvalue weighted by atomic mass is 16.4. The van der Waals surface area contributed by atoms with E-state index < -0.39 is 54.5 Å². The van der Waals surface area contributed by atoms with Crippen LogP contribution in [0.25, 0.3) is 10.9 Å². The summed E-state index contributed by atoms with van der Waals surface area (Å²) in [6, 6.07) is 3.17. The minimum absolute atomic E-state index is 0.263. The molecular weight excluding hydrogens is 430 g/mol. The summed E-state index contributed by atoms with van der Waals surface area (Å²) < 4.78 is 0. The van der Waals surface area contributed by atoms with E-state index in [4.69, 9.17) is 15.9 Å². The lowest BCUT2D eigenvalue weighted by Gasteiger charge is -2.25. The second kappa shape index (κ2) is 11.4. The van der Waals surface area contributed by atoms with Crippen LogP contribution in [0, 0.1) is 5.92 Å². The molecule has 33 heavy (non-hydrogen) atoms. The Kier molecular flexibility index (Phi) is 8.94. The van der Waals surface area contributed by atoms with Crippen LogP contribution in [0.3, 0.4) is 0 Å². The number of rotatable bonds is 11. The van der Waals surface area contributed by atoms with Crippen molar-refractivity contribution in [2.24, 2.45) is 11.7 Å². The molecule has 3 amide bonds. The summed E-state index contributed by atoms with van der Waals surface area (Å²) in [6.07, 6.45) is 2.05. The van der Waals surface area contributed by atoms with E-state index in [1.54, 1.807) is 20.0 Å². The first kappa shape index (κ1) is 25.8. The molecule has 0 aliphatic heterocycles. The van der Waals surface area contributed by atoms with E-state index in [9.17, 15) is 19.2 Å². The number of aromatic amines is 1. The molecule has 0 saturated heterocycles. The van der Waals surface area contributed by atoms with Crippen molar-refractivity contribution < 1.29 is 29.4 Å². The molecule has 8 N–H and O–H groups in total. The highest BCUT2D eigenvalue weighted by Gasteiger charge is 2.30. The number of aliphatic hydroxyl groups excluding tert-OH is 1. The molecule has 0 aliphatic carbocycles. The van der Waals surface area contributed by atoms with Crippen molar-refractivity contribution in [1.29, 1.82) is 0 Å². The van der Waals surface area contributed by atoms with Gasteiger partial charge in [-0.3, -0.25) is 14.4 Å². The van der Waals surface area contributed by atoms with Crippen molar-refractivity contribution in [3.8, 4) is 0 Å². The van der Waals surface area contributed by atoms with Crippen LogP contribution in [-0.2, 0) is 25.6 Å². The number of aliphatic carboxylic acids is 1. The predicted molar refractivity (Wildman–Crippen MR) is 121 cm³/mol. The van der Waals surface area contributed by atoms with Gasteiger partial charge in [-0.1, -0.05) is 32.0 Å². The fraction of sp³-hybridized carbons (Fsp3) is 0.455. The minimum atomic E-state index is -1.49. The van der Waals surface area contributed by atoms with Gasteiger partial charge in [-0.05, 0) is 30.9 Å². The number of H-pyrrole nitrogens is 1. The van der Waals surface area contributed by atoms with E-state index in [0.29, 0.717) is 0 Å². The molecule has 1 heterocycles. The summed E-state index contributed by atoms with van der Waals surface area (Å²) in [5.41, 5.74) is 7.84. The SMILES string of the molecule is CC(NC(=O)C(N)Cc1c[nH]c2ccccc12)C(=O)NC(C(=O)NC(CO)C(=O)O)C(C)C. The van der Waals surface area contributed by atoms with Crippen LogP contribution in [0.15, 0.2) is 30.5 Å². The molecule has 0 bridgehead atoms. The molecule has 180 valence electrons. The van der Waals surface area contributed by atoms with E-state index in [1.165, 1.54) is 6.92 Å². The number of amides is 3. The Morgan fingerprint density at radius 2 is 1.67 bits per heavy atom. The molecule has 1 aromatic heterocycles. The van der Waals surface area contributed by atoms with Gasteiger partial charge < -0.3 is 36.9 Å². The third-order valence-electron chi connectivity index (χ3n) is 5.25. The van der Waals surface area contributed by atoms with Gasteiger partial charge in [0.25, 0.3) is 0 Å². The number of hydrogen-bond acceptors (Lipinski definition) is 6. The Labute approximate surface area is 191 Å². The fourth-order valence-electron chi connectivity index (χ4n) is 3.28. The maximum absolute atomic E-state index is 12.6. The van der Waals surface area contributed by atoms with Crippen LogP contribution in [0.2, 0.25) is 0 Å². The average molecular weight is 462 g/mol. The summed E-state index contributed by atoms with van der Waals surface area (Å²) >= 11 is 0. The van der Waals surface area contributed by atoms with Crippen LogP contribution in [0.4, 0.5) is 0 Å². The largest absolute Gasteiger partial charge is 0.480 e. The van der Waals surface area contributed by atoms with Crippen molar-refractivity contribution >= 4 is 34.6 Å². The lowest BCUT2D eigenvalue weighted by atomic mass is 10.0. The van der Waals surface area contributed by atoms with Gasteiger partial charge in [0.15, 0.2) is 0 Å². The first-order valence-corrected chi connectivity index (χ1v) is 10.6. The highest BCUT2D eigenvalue weighted by Crippen LogP contribution is 2.18. The summed E-state index contributed by atoms with van der Waals surface area (Å²) in [5, 5.41) is 26.3. The number of benzene rings is 1. The first-order chi connectivity index (χ1) is 15.5. The van der Waals surface area contributed by atoms with Crippen molar-refractivity contribution in [3.05, 3.63) is 36.0 Å². The fourth-order valence-corrected chi connectivity index (χ4v) is 3.28. The number of hydrogen-bond donors (Lipinski definition) is 7. The molecule has 4 atom stereocenters. The summed E-state index contributed by atoms with van der Waals surface area (Å²) in [4.78, 5) is 51.7. The van der Waals surface area contributed by atoms with Gasteiger partial charge in [0.1, 0.15) is 18.1 Å². The number of para-hydroxylation sites is 1. The van der Waals surface area contributed by atoms with E-state index in [2.05, 4.69) is 20.9 Å². The van der Waals surface area contributed by atoms with Gasteiger partial charge in [-0.15, -0.1) is 0 Å². The summed E-state index contributed by atoms with van der Waals surface area (Å²) in [5.74, 6) is -3.69. The number of carboxylic acids is 1. The second-order valence-electron chi connectivity index (χ2n) is 8.21. The van der Waals surface area contributed by atoms with E-state index >= 15 is 0 Å². The van der Waals surface area contributed by atoms with Crippen LogP contribution < -0.4 is 21.7 Å².